The molecule has 3 nitrogen and oxygen atoms in total. The lowest BCUT2D eigenvalue weighted by Crippen LogP contribution is -2.31. The highest BCUT2D eigenvalue weighted by atomic mass is 16.5. The third kappa shape index (κ3) is 4.06. The molecular weight excluding hydrogens is 272 g/mol. The van der Waals surface area contributed by atoms with Crippen LogP contribution in [0.2, 0.25) is 0 Å². The van der Waals surface area contributed by atoms with Gasteiger partial charge in [-0.2, -0.15) is 0 Å². The molecule has 0 fully saturated rings. The zero-order valence-corrected chi connectivity index (χ0v) is 12.9. The second-order valence-corrected chi connectivity index (χ2v) is 5.55. The Morgan fingerprint density at radius 1 is 1.00 bits per heavy atom. The van der Waals surface area contributed by atoms with Gasteiger partial charge in [0, 0.05) is 0 Å². The first kappa shape index (κ1) is 14.5. The summed E-state index contributed by atoms with van der Waals surface area (Å²) in [7, 11) is 0. The maximum Gasteiger partial charge on any atom is 0.245 e. The van der Waals surface area contributed by atoms with Crippen LogP contribution in [-0.4, -0.2) is 4.57 Å². The van der Waals surface area contributed by atoms with Crippen molar-refractivity contribution in [1.82, 2.24) is 4.57 Å². The lowest BCUT2D eigenvalue weighted by atomic mass is 10.1. The van der Waals surface area contributed by atoms with Crippen molar-refractivity contribution in [2.45, 2.75) is 26.8 Å². The van der Waals surface area contributed by atoms with Crippen LogP contribution in [-0.2, 0) is 24.6 Å². The minimum absolute atomic E-state index is 0.565. The molecule has 0 bridgehead atoms. The molecule has 112 valence electrons. The van der Waals surface area contributed by atoms with E-state index in [4.69, 9.17) is 4.74 Å². The maximum atomic E-state index is 5.74. The van der Waals surface area contributed by atoms with Crippen molar-refractivity contribution in [3.05, 3.63) is 90.0 Å². The number of nitrogens with zero attached hydrogens (tertiary/aromatic N) is 2. The number of hydrogen-bond donors (Lipinski definition) is 0. The highest BCUT2D eigenvalue weighted by molar-refractivity contribution is 5.21. The van der Waals surface area contributed by atoms with E-state index in [2.05, 4.69) is 65.0 Å². The van der Waals surface area contributed by atoms with Gasteiger partial charge in [0.1, 0.15) is 18.9 Å². The number of hydrogen-bond acceptors (Lipinski definition) is 1. The lowest BCUT2D eigenvalue weighted by molar-refractivity contribution is -0.688. The molecule has 0 atom stereocenters. The average molecular weight is 293 g/mol. The standard InChI is InChI=1S/C19H21N2O/c1-17-6-5-9-19(12-17)13-20-10-11-21(15-20)16-22-14-18-7-3-2-4-8-18/h2-12,15H,13-14,16H2,1H3/q+1. The molecule has 22 heavy (non-hydrogen) atoms. The van der Waals surface area contributed by atoms with Crippen LogP contribution in [0.5, 0.6) is 0 Å². The Morgan fingerprint density at radius 2 is 1.82 bits per heavy atom. The summed E-state index contributed by atoms with van der Waals surface area (Å²) < 4.78 is 9.96. The Kier molecular flexibility index (Phi) is 4.66. The molecule has 0 aliphatic heterocycles. The van der Waals surface area contributed by atoms with Crippen LogP contribution in [0.4, 0.5) is 0 Å². The number of benzene rings is 2. The van der Waals surface area contributed by atoms with Gasteiger partial charge in [-0.15, -0.1) is 0 Å². The molecular formula is C19H21N2O+. The molecule has 1 heterocycles. The largest absolute Gasteiger partial charge is 0.337 e. The van der Waals surface area contributed by atoms with Gasteiger partial charge in [-0.05, 0) is 18.1 Å². The van der Waals surface area contributed by atoms with Gasteiger partial charge >= 0.3 is 0 Å². The molecule has 0 saturated heterocycles. The zero-order chi connectivity index (χ0) is 15.2. The Labute approximate surface area is 131 Å². The second-order valence-electron chi connectivity index (χ2n) is 5.55. The van der Waals surface area contributed by atoms with Crippen molar-refractivity contribution in [2.24, 2.45) is 0 Å². The van der Waals surface area contributed by atoms with Gasteiger partial charge in [0.2, 0.25) is 6.33 Å². The van der Waals surface area contributed by atoms with E-state index >= 15 is 0 Å². The first-order valence-corrected chi connectivity index (χ1v) is 7.52. The predicted octanol–water partition coefficient (Wildman–Crippen LogP) is 3.31. The van der Waals surface area contributed by atoms with Gasteiger partial charge in [-0.1, -0.05) is 60.2 Å². The van der Waals surface area contributed by atoms with Crippen LogP contribution in [0.1, 0.15) is 16.7 Å². The summed E-state index contributed by atoms with van der Waals surface area (Å²) in [5.41, 5.74) is 3.80. The summed E-state index contributed by atoms with van der Waals surface area (Å²) in [5, 5.41) is 0. The summed E-state index contributed by atoms with van der Waals surface area (Å²) in [5.74, 6) is 0. The Bertz CT molecular complexity index is 719. The Balaban J connectivity index is 1.53. The topological polar surface area (TPSA) is 18.0 Å². The number of rotatable bonds is 6. The van der Waals surface area contributed by atoms with E-state index in [9.17, 15) is 0 Å². The zero-order valence-electron chi connectivity index (χ0n) is 12.9. The van der Waals surface area contributed by atoms with E-state index in [-0.39, 0.29) is 0 Å². The smallest absolute Gasteiger partial charge is 0.245 e. The minimum Gasteiger partial charge on any atom is -0.337 e. The van der Waals surface area contributed by atoms with E-state index < -0.39 is 0 Å². The first-order chi connectivity index (χ1) is 10.8. The molecule has 0 aliphatic carbocycles. The quantitative estimate of drug-likeness (QED) is 0.638. The van der Waals surface area contributed by atoms with Crippen molar-refractivity contribution in [1.29, 1.82) is 0 Å². The SMILES string of the molecule is Cc1cccc(C[n+]2ccn(COCc3ccccc3)c2)c1. The molecule has 2 aromatic carbocycles. The summed E-state index contributed by atoms with van der Waals surface area (Å²) in [6, 6.07) is 18.8. The maximum absolute atomic E-state index is 5.74. The van der Waals surface area contributed by atoms with Crippen LogP contribution in [0.3, 0.4) is 0 Å². The number of aryl methyl sites for hydroxylation is 1. The van der Waals surface area contributed by atoms with Gasteiger partial charge in [-0.25, -0.2) is 9.13 Å². The van der Waals surface area contributed by atoms with Crippen LogP contribution >= 0.6 is 0 Å². The van der Waals surface area contributed by atoms with E-state index in [0.29, 0.717) is 13.3 Å². The molecule has 3 rings (SSSR count). The highest BCUT2D eigenvalue weighted by Gasteiger charge is 2.05. The fourth-order valence-electron chi connectivity index (χ4n) is 2.47. The summed E-state index contributed by atoms with van der Waals surface area (Å²) in [6.45, 7) is 4.21. The highest BCUT2D eigenvalue weighted by Crippen LogP contribution is 2.04. The van der Waals surface area contributed by atoms with Crippen molar-refractivity contribution < 1.29 is 9.30 Å². The molecule has 3 aromatic rings. The minimum atomic E-state index is 0.565. The van der Waals surface area contributed by atoms with Crippen LogP contribution in [0.15, 0.2) is 73.3 Å². The van der Waals surface area contributed by atoms with E-state index in [1.165, 1.54) is 16.7 Å². The predicted molar refractivity (Wildman–Crippen MR) is 86.1 cm³/mol. The first-order valence-electron chi connectivity index (χ1n) is 7.52. The molecule has 0 N–H and O–H groups in total. The van der Waals surface area contributed by atoms with Crippen LogP contribution < -0.4 is 4.57 Å². The second kappa shape index (κ2) is 7.05. The molecule has 0 spiro atoms. The molecule has 0 saturated carbocycles. The number of imidazole rings is 1. The van der Waals surface area contributed by atoms with Crippen molar-refractivity contribution >= 4 is 0 Å². The van der Waals surface area contributed by atoms with Gasteiger partial charge in [0.05, 0.1) is 6.61 Å². The number of aromatic nitrogens is 2. The fraction of sp³-hybridized carbons (Fsp3) is 0.211. The molecule has 0 radical (unpaired) electrons. The molecule has 3 heteroatoms. The lowest BCUT2D eigenvalue weighted by Gasteiger charge is -2.01. The van der Waals surface area contributed by atoms with Gasteiger partial charge in [0.15, 0.2) is 6.73 Å². The van der Waals surface area contributed by atoms with E-state index in [1.54, 1.807) is 0 Å². The van der Waals surface area contributed by atoms with Crippen molar-refractivity contribution in [3.8, 4) is 0 Å². The Morgan fingerprint density at radius 3 is 2.64 bits per heavy atom. The molecule has 0 amide bonds. The van der Waals surface area contributed by atoms with Crippen LogP contribution in [0.25, 0.3) is 0 Å². The van der Waals surface area contributed by atoms with Gasteiger partial charge in [-0.3, -0.25) is 0 Å². The fourth-order valence-corrected chi connectivity index (χ4v) is 2.47. The van der Waals surface area contributed by atoms with Crippen molar-refractivity contribution in [3.63, 3.8) is 0 Å². The van der Waals surface area contributed by atoms with Crippen LogP contribution in [0, 0.1) is 6.92 Å². The third-order valence-electron chi connectivity index (χ3n) is 3.55. The Hall–Kier alpha value is -2.39. The summed E-state index contributed by atoms with van der Waals surface area (Å²) >= 11 is 0. The summed E-state index contributed by atoms with van der Waals surface area (Å²) in [6.07, 6.45) is 6.20. The molecule has 0 aliphatic rings. The van der Waals surface area contributed by atoms with E-state index in [0.717, 1.165) is 6.54 Å². The molecule has 1 aromatic heterocycles. The average Bonchev–Trinajstić information content (AvgIpc) is 2.96. The van der Waals surface area contributed by atoms with Gasteiger partial charge < -0.3 is 4.74 Å². The van der Waals surface area contributed by atoms with E-state index in [1.807, 2.05) is 24.4 Å². The van der Waals surface area contributed by atoms with Crippen molar-refractivity contribution in [2.75, 3.05) is 0 Å². The number of ether oxygens (including phenoxy) is 1. The monoisotopic (exact) mass is 293 g/mol. The molecule has 0 unspecified atom stereocenters. The normalized spacial score (nSPS) is 10.8. The van der Waals surface area contributed by atoms with Gasteiger partial charge in [0.25, 0.3) is 0 Å². The third-order valence-corrected chi connectivity index (χ3v) is 3.55. The summed E-state index contributed by atoms with van der Waals surface area (Å²) in [4.78, 5) is 0.